The molecule has 2 aliphatic rings. The summed E-state index contributed by atoms with van der Waals surface area (Å²) >= 11 is 0. The quantitative estimate of drug-likeness (QED) is 0.923. The molecule has 1 aromatic rings. The van der Waals surface area contributed by atoms with Crippen molar-refractivity contribution in [3.05, 3.63) is 59.7 Å². The number of hydrogen-bond acceptors (Lipinski definition) is 3. The average Bonchev–Trinajstić information content (AvgIpc) is 2.56. The molecular formula is C18H22N2O. The number of allylic oxidation sites excluding steroid dienone is 2. The summed E-state index contributed by atoms with van der Waals surface area (Å²) in [5.41, 5.74) is 2.03. The smallest absolute Gasteiger partial charge is 0.159 e. The highest BCUT2D eigenvalue weighted by molar-refractivity contribution is 5.96. The number of nitrogens with zero attached hydrogens (tertiary/aromatic N) is 1. The molecule has 1 heterocycles. The summed E-state index contributed by atoms with van der Waals surface area (Å²) in [7, 11) is 0. The van der Waals surface area contributed by atoms with Crippen LogP contribution in [0.3, 0.4) is 0 Å². The van der Waals surface area contributed by atoms with Gasteiger partial charge in [0.1, 0.15) is 0 Å². The van der Waals surface area contributed by atoms with E-state index in [9.17, 15) is 4.79 Å². The van der Waals surface area contributed by atoms with Crippen molar-refractivity contribution in [2.45, 2.75) is 18.9 Å². The molecule has 1 aliphatic carbocycles. The molecule has 1 atom stereocenters. The van der Waals surface area contributed by atoms with Crippen LogP contribution in [0.5, 0.6) is 0 Å². The zero-order valence-electron chi connectivity index (χ0n) is 12.5. The molecule has 21 heavy (non-hydrogen) atoms. The lowest BCUT2D eigenvalue weighted by molar-refractivity contribution is -0.113. The van der Waals surface area contributed by atoms with Crippen LogP contribution < -0.4 is 5.32 Å². The lowest BCUT2D eigenvalue weighted by atomic mass is 9.80. The van der Waals surface area contributed by atoms with Crippen LogP contribution in [-0.2, 0) is 10.3 Å². The number of rotatable bonds is 3. The van der Waals surface area contributed by atoms with Gasteiger partial charge in [0.25, 0.3) is 0 Å². The SMILES string of the molecule is CC(=O)C1=CCC(c2ccccc2)(N2CCNCC2)C=C1. The number of nitrogens with one attached hydrogen (secondary N) is 1. The normalized spacial score (nSPS) is 26.4. The lowest BCUT2D eigenvalue weighted by Crippen LogP contribution is -2.54. The zero-order valence-corrected chi connectivity index (χ0v) is 12.5. The van der Waals surface area contributed by atoms with Crippen molar-refractivity contribution in [3.8, 4) is 0 Å². The topological polar surface area (TPSA) is 32.3 Å². The second-order valence-electron chi connectivity index (χ2n) is 5.78. The van der Waals surface area contributed by atoms with Gasteiger partial charge < -0.3 is 5.32 Å². The summed E-state index contributed by atoms with van der Waals surface area (Å²) < 4.78 is 0. The number of piperazine rings is 1. The molecule has 1 aliphatic heterocycles. The van der Waals surface area contributed by atoms with Crippen LogP contribution in [0.2, 0.25) is 0 Å². The van der Waals surface area contributed by atoms with Crippen LogP contribution in [0.4, 0.5) is 0 Å². The maximum Gasteiger partial charge on any atom is 0.159 e. The molecule has 110 valence electrons. The van der Waals surface area contributed by atoms with Crippen LogP contribution in [0.25, 0.3) is 0 Å². The first-order valence-corrected chi connectivity index (χ1v) is 7.64. The third kappa shape index (κ3) is 2.71. The van der Waals surface area contributed by atoms with E-state index in [2.05, 4.69) is 52.7 Å². The Bertz CT molecular complexity index is 570. The molecule has 0 spiro atoms. The summed E-state index contributed by atoms with van der Waals surface area (Å²) in [5.74, 6) is 0.147. The fraction of sp³-hybridized carbons (Fsp3) is 0.389. The van der Waals surface area contributed by atoms with Crippen molar-refractivity contribution in [1.29, 1.82) is 0 Å². The molecule has 1 fully saturated rings. The van der Waals surface area contributed by atoms with Gasteiger partial charge in [-0.2, -0.15) is 0 Å². The number of benzene rings is 1. The van der Waals surface area contributed by atoms with E-state index in [-0.39, 0.29) is 11.3 Å². The van der Waals surface area contributed by atoms with Gasteiger partial charge in [-0.15, -0.1) is 0 Å². The van der Waals surface area contributed by atoms with Gasteiger partial charge in [0.05, 0.1) is 5.54 Å². The molecule has 0 aromatic heterocycles. The standard InChI is InChI=1S/C18H22N2O/c1-15(21)16-7-9-18(10-8-16,17-5-3-2-4-6-17)20-13-11-19-12-14-20/h2-9,19H,10-14H2,1H3. The first kappa shape index (κ1) is 14.2. The van der Waals surface area contributed by atoms with Gasteiger partial charge >= 0.3 is 0 Å². The van der Waals surface area contributed by atoms with Gasteiger partial charge in [-0.25, -0.2) is 0 Å². The van der Waals surface area contributed by atoms with E-state index in [0.717, 1.165) is 38.2 Å². The Hall–Kier alpha value is -1.71. The number of hydrogen-bond donors (Lipinski definition) is 1. The van der Waals surface area contributed by atoms with Crippen LogP contribution >= 0.6 is 0 Å². The highest BCUT2D eigenvalue weighted by atomic mass is 16.1. The highest BCUT2D eigenvalue weighted by Gasteiger charge is 2.37. The molecule has 3 heteroatoms. The Kier molecular flexibility index (Phi) is 4.04. The van der Waals surface area contributed by atoms with Gasteiger partial charge in [0.15, 0.2) is 5.78 Å². The lowest BCUT2D eigenvalue weighted by Gasteiger charge is -2.45. The fourth-order valence-corrected chi connectivity index (χ4v) is 3.31. The predicted molar refractivity (Wildman–Crippen MR) is 85.1 cm³/mol. The molecule has 3 rings (SSSR count). The van der Waals surface area contributed by atoms with Gasteiger partial charge in [0, 0.05) is 31.8 Å². The minimum absolute atomic E-state index is 0.109. The fourth-order valence-electron chi connectivity index (χ4n) is 3.31. The molecule has 0 saturated carbocycles. The van der Waals surface area contributed by atoms with Crippen molar-refractivity contribution in [2.24, 2.45) is 0 Å². The van der Waals surface area contributed by atoms with E-state index in [1.807, 2.05) is 6.08 Å². The van der Waals surface area contributed by atoms with E-state index >= 15 is 0 Å². The first-order chi connectivity index (χ1) is 10.2. The van der Waals surface area contributed by atoms with Crippen LogP contribution in [0.1, 0.15) is 18.9 Å². The predicted octanol–water partition coefficient (Wildman–Crippen LogP) is 2.26. The summed E-state index contributed by atoms with van der Waals surface area (Å²) in [6, 6.07) is 10.6. The van der Waals surface area contributed by atoms with Gasteiger partial charge in [0.2, 0.25) is 0 Å². The van der Waals surface area contributed by atoms with Crippen molar-refractivity contribution < 1.29 is 4.79 Å². The number of carbonyl (C=O) groups is 1. The Morgan fingerprint density at radius 1 is 1.19 bits per heavy atom. The second-order valence-corrected chi connectivity index (χ2v) is 5.78. The molecule has 1 unspecified atom stereocenters. The number of ketones is 1. The maximum atomic E-state index is 11.6. The van der Waals surface area contributed by atoms with Crippen LogP contribution in [-0.4, -0.2) is 36.9 Å². The van der Waals surface area contributed by atoms with Crippen molar-refractivity contribution in [2.75, 3.05) is 26.2 Å². The minimum Gasteiger partial charge on any atom is -0.314 e. The molecule has 3 nitrogen and oxygen atoms in total. The molecule has 0 bridgehead atoms. The van der Waals surface area contributed by atoms with E-state index < -0.39 is 0 Å². The van der Waals surface area contributed by atoms with E-state index in [1.165, 1.54) is 5.56 Å². The largest absolute Gasteiger partial charge is 0.314 e. The Labute approximate surface area is 126 Å². The molecule has 0 amide bonds. The van der Waals surface area contributed by atoms with Gasteiger partial charge in [-0.1, -0.05) is 48.6 Å². The Morgan fingerprint density at radius 3 is 2.48 bits per heavy atom. The summed E-state index contributed by atoms with van der Waals surface area (Å²) in [6.07, 6.45) is 7.19. The molecule has 1 N–H and O–H groups in total. The Morgan fingerprint density at radius 2 is 1.90 bits per heavy atom. The van der Waals surface area contributed by atoms with E-state index in [0.29, 0.717) is 0 Å². The summed E-state index contributed by atoms with van der Waals surface area (Å²) in [6.45, 7) is 5.73. The molecular weight excluding hydrogens is 260 g/mol. The molecule has 1 aromatic carbocycles. The Balaban J connectivity index is 1.97. The van der Waals surface area contributed by atoms with Crippen LogP contribution in [0, 0.1) is 0 Å². The van der Waals surface area contributed by atoms with E-state index in [1.54, 1.807) is 6.92 Å². The summed E-state index contributed by atoms with van der Waals surface area (Å²) in [4.78, 5) is 14.1. The minimum atomic E-state index is -0.109. The number of carbonyl (C=O) groups excluding carboxylic acids is 1. The monoisotopic (exact) mass is 282 g/mol. The average molecular weight is 282 g/mol. The van der Waals surface area contributed by atoms with Crippen molar-refractivity contribution in [3.63, 3.8) is 0 Å². The number of Topliss-reactive ketones (excluding diaryl/α,β-unsaturated/α-hetero) is 1. The zero-order chi connectivity index (χ0) is 14.7. The van der Waals surface area contributed by atoms with E-state index in [4.69, 9.17) is 0 Å². The first-order valence-electron chi connectivity index (χ1n) is 7.64. The molecule has 1 saturated heterocycles. The molecule has 0 radical (unpaired) electrons. The maximum absolute atomic E-state index is 11.6. The van der Waals surface area contributed by atoms with Crippen LogP contribution in [0.15, 0.2) is 54.1 Å². The third-order valence-electron chi connectivity index (χ3n) is 4.53. The third-order valence-corrected chi connectivity index (χ3v) is 4.53. The highest BCUT2D eigenvalue weighted by Crippen LogP contribution is 2.37. The van der Waals surface area contributed by atoms with Gasteiger partial charge in [-0.05, 0) is 18.9 Å². The summed E-state index contributed by atoms with van der Waals surface area (Å²) in [5, 5.41) is 3.41. The van der Waals surface area contributed by atoms with Crippen molar-refractivity contribution >= 4 is 5.78 Å². The van der Waals surface area contributed by atoms with Gasteiger partial charge in [-0.3, -0.25) is 9.69 Å². The second kappa shape index (κ2) is 5.96. The van der Waals surface area contributed by atoms with Crippen molar-refractivity contribution in [1.82, 2.24) is 10.2 Å².